The second-order valence-electron chi connectivity index (χ2n) is 4.24. The Kier molecular flexibility index (Phi) is 3.36. The number of aromatic nitrogens is 2. The first-order chi connectivity index (χ1) is 7.74. The molecule has 2 rings (SSSR count). The molecule has 16 heavy (non-hydrogen) atoms. The number of nitrogens with zero attached hydrogens (tertiary/aromatic N) is 2. The van der Waals surface area contributed by atoms with Crippen molar-refractivity contribution in [2.24, 2.45) is 0 Å². The molecule has 1 saturated heterocycles. The molecule has 0 amide bonds. The first-order valence-corrected chi connectivity index (χ1v) is 5.51. The zero-order valence-corrected chi connectivity index (χ0v) is 9.44. The SMILES string of the molecule is Cc1ccc(NC2(CO)CCOCC2)nn1. The molecule has 5 heteroatoms. The van der Waals surface area contributed by atoms with Crippen molar-refractivity contribution in [3.8, 4) is 0 Å². The molecule has 0 saturated carbocycles. The van der Waals surface area contributed by atoms with E-state index in [9.17, 15) is 5.11 Å². The summed E-state index contributed by atoms with van der Waals surface area (Å²) >= 11 is 0. The molecule has 0 spiro atoms. The van der Waals surface area contributed by atoms with Gasteiger partial charge in [-0.25, -0.2) is 0 Å². The van der Waals surface area contributed by atoms with Gasteiger partial charge in [0.05, 0.1) is 17.8 Å². The van der Waals surface area contributed by atoms with Crippen molar-refractivity contribution in [1.29, 1.82) is 0 Å². The van der Waals surface area contributed by atoms with Gasteiger partial charge in [-0.05, 0) is 31.9 Å². The van der Waals surface area contributed by atoms with E-state index in [0.29, 0.717) is 19.0 Å². The summed E-state index contributed by atoms with van der Waals surface area (Å²) in [4.78, 5) is 0. The van der Waals surface area contributed by atoms with E-state index < -0.39 is 0 Å². The third kappa shape index (κ3) is 2.48. The van der Waals surface area contributed by atoms with E-state index in [-0.39, 0.29) is 12.1 Å². The maximum atomic E-state index is 9.49. The van der Waals surface area contributed by atoms with Crippen LogP contribution in [0.4, 0.5) is 5.82 Å². The van der Waals surface area contributed by atoms with Crippen LogP contribution in [0.5, 0.6) is 0 Å². The summed E-state index contributed by atoms with van der Waals surface area (Å²) in [6.07, 6.45) is 1.58. The number of anilines is 1. The molecule has 1 fully saturated rings. The summed E-state index contributed by atoms with van der Waals surface area (Å²) in [6, 6.07) is 3.79. The van der Waals surface area contributed by atoms with Crippen LogP contribution < -0.4 is 5.32 Å². The molecular formula is C11H17N3O2. The number of ether oxygens (including phenoxy) is 1. The van der Waals surface area contributed by atoms with Crippen LogP contribution in [0, 0.1) is 6.92 Å². The lowest BCUT2D eigenvalue weighted by atomic mass is 9.91. The monoisotopic (exact) mass is 223 g/mol. The molecule has 1 aromatic heterocycles. The summed E-state index contributed by atoms with van der Waals surface area (Å²) in [7, 11) is 0. The van der Waals surface area contributed by atoms with Crippen LogP contribution in [0.3, 0.4) is 0 Å². The fraction of sp³-hybridized carbons (Fsp3) is 0.636. The highest BCUT2D eigenvalue weighted by molar-refractivity contribution is 5.37. The zero-order valence-electron chi connectivity index (χ0n) is 9.44. The van der Waals surface area contributed by atoms with Gasteiger partial charge in [-0.15, -0.1) is 5.10 Å². The molecule has 1 aliphatic heterocycles. The van der Waals surface area contributed by atoms with Crippen molar-refractivity contribution in [1.82, 2.24) is 10.2 Å². The topological polar surface area (TPSA) is 67.3 Å². The van der Waals surface area contributed by atoms with Gasteiger partial charge in [-0.3, -0.25) is 0 Å². The van der Waals surface area contributed by atoms with E-state index in [2.05, 4.69) is 15.5 Å². The van der Waals surface area contributed by atoms with Gasteiger partial charge in [-0.1, -0.05) is 0 Å². The van der Waals surface area contributed by atoms with Gasteiger partial charge in [0.25, 0.3) is 0 Å². The van der Waals surface area contributed by atoms with Crippen molar-refractivity contribution in [3.05, 3.63) is 17.8 Å². The summed E-state index contributed by atoms with van der Waals surface area (Å²) in [6.45, 7) is 3.33. The highest BCUT2D eigenvalue weighted by atomic mass is 16.5. The summed E-state index contributed by atoms with van der Waals surface area (Å²) in [5.74, 6) is 0.710. The minimum atomic E-state index is -0.303. The third-order valence-corrected chi connectivity index (χ3v) is 2.94. The normalized spacial score (nSPS) is 19.4. The fourth-order valence-electron chi connectivity index (χ4n) is 1.82. The van der Waals surface area contributed by atoms with E-state index in [1.165, 1.54) is 0 Å². The smallest absolute Gasteiger partial charge is 0.149 e. The van der Waals surface area contributed by atoms with Crippen molar-refractivity contribution in [3.63, 3.8) is 0 Å². The van der Waals surface area contributed by atoms with Crippen LogP contribution in [0.15, 0.2) is 12.1 Å². The molecule has 1 aromatic rings. The number of hydrogen-bond donors (Lipinski definition) is 2. The second-order valence-corrected chi connectivity index (χ2v) is 4.24. The van der Waals surface area contributed by atoms with Crippen LogP contribution in [0.2, 0.25) is 0 Å². The largest absolute Gasteiger partial charge is 0.394 e. The zero-order chi connectivity index (χ0) is 11.4. The first kappa shape index (κ1) is 11.3. The highest BCUT2D eigenvalue weighted by Gasteiger charge is 2.32. The van der Waals surface area contributed by atoms with E-state index in [1.54, 1.807) is 0 Å². The highest BCUT2D eigenvalue weighted by Crippen LogP contribution is 2.24. The van der Waals surface area contributed by atoms with Crippen LogP contribution in [-0.4, -0.2) is 40.7 Å². The molecule has 1 aliphatic rings. The molecule has 0 aliphatic carbocycles. The average Bonchev–Trinajstić information content (AvgIpc) is 2.33. The number of hydrogen-bond acceptors (Lipinski definition) is 5. The minimum absolute atomic E-state index is 0.0892. The number of aryl methyl sites for hydroxylation is 1. The van der Waals surface area contributed by atoms with E-state index in [0.717, 1.165) is 18.5 Å². The Bertz CT molecular complexity index is 334. The van der Waals surface area contributed by atoms with Crippen LogP contribution in [0.1, 0.15) is 18.5 Å². The summed E-state index contributed by atoms with van der Waals surface area (Å²) < 4.78 is 5.30. The average molecular weight is 223 g/mol. The first-order valence-electron chi connectivity index (χ1n) is 5.51. The molecule has 0 aromatic carbocycles. The maximum Gasteiger partial charge on any atom is 0.149 e. The van der Waals surface area contributed by atoms with Crippen molar-refractivity contribution < 1.29 is 9.84 Å². The molecular weight excluding hydrogens is 206 g/mol. The van der Waals surface area contributed by atoms with E-state index >= 15 is 0 Å². The molecule has 2 heterocycles. The van der Waals surface area contributed by atoms with Gasteiger partial charge < -0.3 is 15.2 Å². The lowest BCUT2D eigenvalue weighted by Crippen LogP contribution is -2.47. The number of nitrogens with one attached hydrogen (secondary N) is 1. The van der Waals surface area contributed by atoms with E-state index in [4.69, 9.17) is 4.74 Å². The Morgan fingerprint density at radius 1 is 1.38 bits per heavy atom. The predicted molar refractivity (Wildman–Crippen MR) is 60.3 cm³/mol. The van der Waals surface area contributed by atoms with Gasteiger partial charge >= 0.3 is 0 Å². The number of aliphatic hydroxyl groups is 1. The number of aliphatic hydroxyl groups excluding tert-OH is 1. The van der Waals surface area contributed by atoms with Crippen LogP contribution in [-0.2, 0) is 4.74 Å². The Hall–Kier alpha value is -1.20. The van der Waals surface area contributed by atoms with Gasteiger partial charge in [0, 0.05) is 13.2 Å². The second kappa shape index (κ2) is 4.76. The molecule has 88 valence electrons. The summed E-state index contributed by atoms with van der Waals surface area (Å²) in [5, 5.41) is 20.8. The Morgan fingerprint density at radius 3 is 2.69 bits per heavy atom. The molecule has 0 radical (unpaired) electrons. The fourth-order valence-corrected chi connectivity index (χ4v) is 1.82. The molecule has 0 bridgehead atoms. The van der Waals surface area contributed by atoms with E-state index in [1.807, 2.05) is 19.1 Å². The van der Waals surface area contributed by atoms with Crippen molar-refractivity contribution in [2.45, 2.75) is 25.3 Å². The van der Waals surface area contributed by atoms with Gasteiger partial charge in [-0.2, -0.15) is 5.10 Å². The van der Waals surface area contributed by atoms with Crippen LogP contribution >= 0.6 is 0 Å². The lowest BCUT2D eigenvalue weighted by molar-refractivity contribution is 0.0378. The Labute approximate surface area is 94.8 Å². The van der Waals surface area contributed by atoms with Gasteiger partial charge in [0.15, 0.2) is 0 Å². The quantitative estimate of drug-likeness (QED) is 0.791. The lowest BCUT2D eigenvalue weighted by Gasteiger charge is -2.36. The maximum absolute atomic E-state index is 9.49. The van der Waals surface area contributed by atoms with Crippen molar-refractivity contribution >= 4 is 5.82 Å². The minimum Gasteiger partial charge on any atom is -0.394 e. The third-order valence-electron chi connectivity index (χ3n) is 2.94. The van der Waals surface area contributed by atoms with Crippen LogP contribution in [0.25, 0.3) is 0 Å². The summed E-state index contributed by atoms with van der Waals surface area (Å²) in [5.41, 5.74) is 0.581. The predicted octanol–water partition coefficient (Wildman–Crippen LogP) is 0.738. The molecule has 0 unspecified atom stereocenters. The number of rotatable bonds is 3. The standard InChI is InChI=1S/C11H17N3O2/c1-9-2-3-10(14-13-9)12-11(8-15)4-6-16-7-5-11/h2-3,15H,4-8H2,1H3,(H,12,14). The molecule has 0 atom stereocenters. The van der Waals surface area contributed by atoms with Gasteiger partial charge in [0.2, 0.25) is 0 Å². The Balaban J connectivity index is 2.08. The molecule has 5 nitrogen and oxygen atoms in total. The van der Waals surface area contributed by atoms with Crippen molar-refractivity contribution in [2.75, 3.05) is 25.1 Å². The Morgan fingerprint density at radius 2 is 2.12 bits per heavy atom. The molecule has 2 N–H and O–H groups in total. The van der Waals surface area contributed by atoms with Gasteiger partial charge in [0.1, 0.15) is 5.82 Å².